The van der Waals surface area contributed by atoms with E-state index in [1.165, 1.54) is 39.5 Å². The van der Waals surface area contributed by atoms with Crippen molar-refractivity contribution in [3.8, 4) is 11.5 Å². The van der Waals surface area contributed by atoms with Gasteiger partial charge in [-0.25, -0.2) is 8.42 Å². The maximum Gasteiger partial charge on any atom is 0.320 e. The molecule has 1 aromatic carbocycles. The summed E-state index contributed by atoms with van der Waals surface area (Å²) in [5, 5.41) is 0. The molecule has 19 heavy (non-hydrogen) atoms. The Morgan fingerprint density at radius 2 is 1.79 bits per heavy atom. The van der Waals surface area contributed by atoms with Gasteiger partial charge in [0.25, 0.3) is 0 Å². The van der Waals surface area contributed by atoms with E-state index in [1.54, 1.807) is 0 Å². The fraction of sp³-hybridized carbons (Fsp3) is 0.364. The van der Waals surface area contributed by atoms with E-state index in [4.69, 9.17) is 9.47 Å². The van der Waals surface area contributed by atoms with Crippen molar-refractivity contribution >= 4 is 16.0 Å². The summed E-state index contributed by atoms with van der Waals surface area (Å²) in [5.74, 6) is 0.0157. The molecule has 0 aliphatic rings. The molecular weight excluding hydrogens is 274 g/mol. The normalized spacial score (nSPS) is 10.9. The van der Waals surface area contributed by atoms with E-state index in [-0.39, 0.29) is 10.6 Å². The van der Waals surface area contributed by atoms with Crippen LogP contribution < -0.4 is 14.2 Å². The summed E-state index contributed by atoms with van der Waals surface area (Å²) in [5.41, 5.74) is 0. The van der Waals surface area contributed by atoms with Crippen molar-refractivity contribution < 1.29 is 27.4 Å². The predicted molar refractivity (Wildman–Crippen MR) is 66.8 cm³/mol. The number of hydrogen-bond acceptors (Lipinski definition) is 6. The van der Waals surface area contributed by atoms with Gasteiger partial charge in [-0.3, -0.25) is 4.79 Å². The molecular formula is C11H15NO6S. The van der Waals surface area contributed by atoms with E-state index in [9.17, 15) is 13.2 Å². The van der Waals surface area contributed by atoms with Crippen molar-refractivity contribution in [3.05, 3.63) is 18.2 Å². The van der Waals surface area contributed by atoms with Crippen LogP contribution in [-0.2, 0) is 19.6 Å². The molecule has 0 bridgehead atoms. The number of carbonyl (C=O) groups excluding carboxylic acids is 1. The quantitative estimate of drug-likeness (QED) is 0.750. The van der Waals surface area contributed by atoms with Crippen molar-refractivity contribution in [2.24, 2.45) is 0 Å². The third-order valence-corrected chi connectivity index (χ3v) is 3.70. The Morgan fingerprint density at radius 3 is 2.32 bits per heavy atom. The smallest absolute Gasteiger partial charge is 0.320 e. The fourth-order valence-corrected chi connectivity index (χ4v) is 2.28. The maximum absolute atomic E-state index is 11.9. The van der Waals surface area contributed by atoms with Crippen molar-refractivity contribution in [1.82, 2.24) is 4.72 Å². The van der Waals surface area contributed by atoms with E-state index in [0.717, 1.165) is 0 Å². The molecule has 8 heteroatoms. The molecule has 0 aliphatic heterocycles. The number of carbonyl (C=O) groups is 1. The molecule has 1 N–H and O–H groups in total. The van der Waals surface area contributed by atoms with Gasteiger partial charge in [0.05, 0.1) is 26.2 Å². The highest BCUT2D eigenvalue weighted by molar-refractivity contribution is 7.89. The lowest BCUT2D eigenvalue weighted by Crippen LogP contribution is -2.30. The molecule has 106 valence electrons. The lowest BCUT2D eigenvalue weighted by Gasteiger charge is -2.10. The average Bonchev–Trinajstić information content (AvgIpc) is 2.43. The maximum atomic E-state index is 11.9. The Balaban J connectivity index is 2.98. The molecule has 0 saturated carbocycles. The fourth-order valence-electron chi connectivity index (χ4n) is 1.29. The van der Waals surface area contributed by atoms with E-state index in [0.29, 0.717) is 5.75 Å². The average molecular weight is 289 g/mol. The molecule has 0 atom stereocenters. The zero-order valence-electron chi connectivity index (χ0n) is 10.8. The second kappa shape index (κ2) is 6.39. The van der Waals surface area contributed by atoms with Gasteiger partial charge in [0, 0.05) is 6.07 Å². The first kappa shape index (κ1) is 15.3. The first-order valence-electron chi connectivity index (χ1n) is 5.23. The molecule has 7 nitrogen and oxygen atoms in total. The second-order valence-corrected chi connectivity index (χ2v) is 5.18. The number of nitrogens with one attached hydrogen (secondary N) is 1. The summed E-state index contributed by atoms with van der Waals surface area (Å²) < 4.78 is 40.3. The van der Waals surface area contributed by atoms with Gasteiger partial charge in [0.1, 0.15) is 6.54 Å². The highest BCUT2D eigenvalue weighted by Gasteiger charge is 2.18. The van der Waals surface area contributed by atoms with Crippen LogP contribution in [0.15, 0.2) is 23.1 Å². The minimum atomic E-state index is -3.81. The Kier molecular flexibility index (Phi) is 5.13. The third-order valence-electron chi connectivity index (χ3n) is 2.30. The topological polar surface area (TPSA) is 90.9 Å². The highest BCUT2D eigenvalue weighted by atomic mass is 32.2. The van der Waals surface area contributed by atoms with E-state index in [2.05, 4.69) is 9.46 Å². The molecule has 0 fully saturated rings. The number of ether oxygens (including phenoxy) is 3. The van der Waals surface area contributed by atoms with E-state index >= 15 is 0 Å². The first-order chi connectivity index (χ1) is 8.94. The number of hydrogen-bond donors (Lipinski definition) is 1. The minimum absolute atomic E-state index is 0.0333. The van der Waals surface area contributed by atoms with Crippen LogP contribution in [0.1, 0.15) is 0 Å². The summed E-state index contributed by atoms with van der Waals surface area (Å²) in [6.07, 6.45) is 0. The Bertz CT molecular complexity index is 554. The van der Waals surface area contributed by atoms with Crippen molar-refractivity contribution in [2.45, 2.75) is 4.90 Å². The largest absolute Gasteiger partial charge is 0.493 e. The number of esters is 1. The molecule has 0 spiro atoms. The Hall–Kier alpha value is -1.80. The number of rotatable bonds is 6. The van der Waals surface area contributed by atoms with Gasteiger partial charge in [-0.15, -0.1) is 0 Å². The van der Waals surface area contributed by atoms with Crippen molar-refractivity contribution in [3.63, 3.8) is 0 Å². The van der Waals surface area contributed by atoms with Crippen LogP contribution in [0.25, 0.3) is 0 Å². The van der Waals surface area contributed by atoms with Gasteiger partial charge in [0.15, 0.2) is 11.5 Å². The van der Waals surface area contributed by atoms with Crippen LogP contribution in [0.4, 0.5) is 0 Å². The summed E-state index contributed by atoms with van der Waals surface area (Å²) in [4.78, 5) is 10.9. The molecule has 0 aliphatic carbocycles. The molecule has 0 saturated heterocycles. The van der Waals surface area contributed by atoms with Crippen LogP contribution in [0.2, 0.25) is 0 Å². The molecule has 0 unspecified atom stereocenters. The van der Waals surface area contributed by atoms with Crippen LogP contribution in [-0.4, -0.2) is 42.3 Å². The van der Waals surface area contributed by atoms with Gasteiger partial charge < -0.3 is 14.2 Å². The molecule has 0 aromatic heterocycles. The minimum Gasteiger partial charge on any atom is -0.493 e. The van der Waals surface area contributed by atoms with E-state index < -0.39 is 22.5 Å². The lowest BCUT2D eigenvalue weighted by atomic mass is 10.3. The first-order valence-corrected chi connectivity index (χ1v) is 6.71. The van der Waals surface area contributed by atoms with Crippen LogP contribution in [0, 0.1) is 0 Å². The molecule has 0 heterocycles. The number of methoxy groups -OCH3 is 3. The zero-order valence-corrected chi connectivity index (χ0v) is 11.6. The summed E-state index contributed by atoms with van der Waals surface area (Å²) in [7, 11) is 0.209. The Labute approximate surface area is 111 Å². The van der Waals surface area contributed by atoms with Gasteiger partial charge in [0.2, 0.25) is 10.0 Å². The monoisotopic (exact) mass is 289 g/mol. The standard InChI is InChI=1S/C11H15NO6S/c1-16-9-5-4-8(6-10(9)17-2)19(14,15)12-7-11(13)18-3/h4-6,12H,7H2,1-3H3. The van der Waals surface area contributed by atoms with Crippen molar-refractivity contribution in [2.75, 3.05) is 27.9 Å². The summed E-state index contributed by atoms with van der Waals surface area (Å²) >= 11 is 0. The van der Waals surface area contributed by atoms with Gasteiger partial charge in [-0.05, 0) is 12.1 Å². The second-order valence-electron chi connectivity index (χ2n) is 3.42. The summed E-state index contributed by atoms with van der Waals surface area (Å²) in [6, 6.07) is 4.12. The molecule has 1 aromatic rings. The lowest BCUT2D eigenvalue weighted by molar-refractivity contribution is -0.139. The molecule has 1 rings (SSSR count). The van der Waals surface area contributed by atoms with Crippen LogP contribution in [0.3, 0.4) is 0 Å². The van der Waals surface area contributed by atoms with Crippen LogP contribution >= 0.6 is 0 Å². The SMILES string of the molecule is COC(=O)CNS(=O)(=O)c1ccc(OC)c(OC)c1. The number of benzene rings is 1. The molecule has 0 amide bonds. The van der Waals surface area contributed by atoms with Gasteiger partial charge >= 0.3 is 5.97 Å². The van der Waals surface area contributed by atoms with Gasteiger partial charge in [-0.2, -0.15) is 4.72 Å². The van der Waals surface area contributed by atoms with Gasteiger partial charge in [-0.1, -0.05) is 0 Å². The van der Waals surface area contributed by atoms with Crippen LogP contribution in [0.5, 0.6) is 11.5 Å². The number of sulfonamides is 1. The summed E-state index contributed by atoms with van der Waals surface area (Å²) in [6.45, 7) is -0.437. The predicted octanol–water partition coefficient (Wildman–Crippen LogP) is 0.155. The highest BCUT2D eigenvalue weighted by Crippen LogP contribution is 2.29. The van der Waals surface area contributed by atoms with E-state index in [1.807, 2.05) is 0 Å². The third kappa shape index (κ3) is 3.83. The van der Waals surface area contributed by atoms with Crippen molar-refractivity contribution in [1.29, 1.82) is 0 Å². The molecule has 0 radical (unpaired) electrons. The Morgan fingerprint density at radius 1 is 1.16 bits per heavy atom. The zero-order chi connectivity index (χ0) is 14.5.